The predicted molar refractivity (Wildman–Crippen MR) is 120 cm³/mol. The van der Waals surface area contributed by atoms with Gasteiger partial charge in [-0.3, -0.25) is 9.89 Å². The van der Waals surface area contributed by atoms with Crippen molar-refractivity contribution >= 4 is 5.91 Å². The van der Waals surface area contributed by atoms with Crippen LogP contribution in [0.4, 0.5) is 0 Å². The normalized spacial score (nSPS) is 15.0. The summed E-state index contributed by atoms with van der Waals surface area (Å²) in [6.07, 6.45) is 4.96. The van der Waals surface area contributed by atoms with Crippen LogP contribution >= 0.6 is 0 Å². The summed E-state index contributed by atoms with van der Waals surface area (Å²) in [5, 5.41) is 7.03. The minimum atomic E-state index is 0.135. The Kier molecular flexibility index (Phi) is 6.29. The number of nitrogens with zero attached hydrogens (tertiary/aromatic N) is 3. The molecule has 2 heterocycles. The fourth-order valence-electron chi connectivity index (χ4n) is 4.26. The van der Waals surface area contributed by atoms with Gasteiger partial charge in [0.2, 0.25) is 0 Å². The number of H-pyrrole nitrogens is 1. The maximum Gasteiger partial charge on any atom is 0.253 e. The number of carbonyl (C=O) groups is 1. The summed E-state index contributed by atoms with van der Waals surface area (Å²) in [6, 6.07) is 19.1. The second-order valence-corrected chi connectivity index (χ2v) is 8.23. The number of likely N-dealkylation sites (tertiary alicyclic amines) is 1. The van der Waals surface area contributed by atoms with Gasteiger partial charge in [0.25, 0.3) is 5.91 Å². The van der Waals surface area contributed by atoms with Gasteiger partial charge in [-0.05, 0) is 56.5 Å². The van der Waals surface area contributed by atoms with Crippen LogP contribution in [0.2, 0.25) is 0 Å². The van der Waals surface area contributed by atoms with Gasteiger partial charge in [-0.15, -0.1) is 0 Å². The summed E-state index contributed by atoms with van der Waals surface area (Å²) in [4.78, 5) is 17.4. The smallest absolute Gasteiger partial charge is 0.253 e. The van der Waals surface area contributed by atoms with Crippen LogP contribution in [0.5, 0.6) is 0 Å². The molecule has 0 bridgehead atoms. The molecule has 3 aromatic rings. The third kappa shape index (κ3) is 4.62. The molecule has 0 spiro atoms. The molecule has 30 heavy (non-hydrogen) atoms. The molecule has 0 radical (unpaired) electrons. The van der Waals surface area contributed by atoms with Crippen LogP contribution in [-0.4, -0.2) is 58.6 Å². The van der Waals surface area contributed by atoms with E-state index in [-0.39, 0.29) is 5.91 Å². The minimum Gasteiger partial charge on any atom is -0.339 e. The number of amides is 1. The highest BCUT2D eigenvalue weighted by molar-refractivity contribution is 5.94. The van der Waals surface area contributed by atoms with Crippen LogP contribution in [0.25, 0.3) is 11.1 Å². The first-order valence-corrected chi connectivity index (χ1v) is 10.8. The van der Waals surface area contributed by atoms with Gasteiger partial charge in [0.1, 0.15) is 0 Å². The molecule has 4 rings (SSSR count). The number of nitrogens with one attached hydrogen (secondary N) is 1. The highest BCUT2D eigenvalue weighted by atomic mass is 16.2. The molecule has 1 aliphatic rings. The summed E-state index contributed by atoms with van der Waals surface area (Å²) >= 11 is 0. The summed E-state index contributed by atoms with van der Waals surface area (Å²) in [7, 11) is 2.21. The Morgan fingerprint density at radius 3 is 2.43 bits per heavy atom. The fraction of sp³-hybridized carbons (Fsp3) is 0.360. The van der Waals surface area contributed by atoms with Crippen molar-refractivity contribution in [2.75, 3.05) is 26.7 Å². The molecule has 0 atom stereocenters. The topological polar surface area (TPSA) is 52.2 Å². The number of hydrogen-bond donors (Lipinski definition) is 1. The largest absolute Gasteiger partial charge is 0.339 e. The molecule has 5 nitrogen and oxygen atoms in total. The van der Waals surface area contributed by atoms with Crippen LogP contribution in [0.15, 0.2) is 60.8 Å². The van der Waals surface area contributed by atoms with Gasteiger partial charge in [0.15, 0.2) is 0 Å². The molecule has 5 heteroatoms. The number of rotatable bonds is 6. The maximum atomic E-state index is 12.9. The van der Waals surface area contributed by atoms with Gasteiger partial charge >= 0.3 is 0 Å². The molecular weight excluding hydrogens is 372 g/mol. The Hall–Kier alpha value is -2.92. The average molecular weight is 403 g/mol. The van der Waals surface area contributed by atoms with E-state index >= 15 is 0 Å². The van der Waals surface area contributed by atoms with Crippen LogP contribution in [0, 0.1) is 6.92 Å². The lowest BCUT2D eigenvalue weighted by molar-refractivity contribution is 0.0647. The molecule has 1 saturated heterocycles. The second kappa shape index (κ2) is 9.26. The summed E-state index contributed by atoms with van der Waals surface area (Å²) in [5.74, 6) is 0.135. The molecule has 2 aromatic carbocycles. The highest BCUT2D eigenvalue weighted by Gasteiger charge is 2.25. The molecule has 1 fully saturated rings. The molecule has 1 aromatic heterocycles. The quantitative estimate of drug-likeness (QED) is 0.673. The summed E-state index contributed by atoms with van der Waals surface area (Å²) < 4.78 is 0. The van der Waals surface area contributed by atoms with E-state index in [0.717, 1.165) is 61.3 Å². The fourth-order valence-corrected chi connectivity index (χ4v) is 4.26. The Labute approximate surface area is 178 Å². The number of hydrogen-bond acceptors (Lipinski definition) is 3. The molecular formula is C25H30N4O. The average Bonchev–Trinajstić information content (AvgIpc) is 3.23. The van der Waals surface area contributed by atoms with Gasteiger partial charge in [0, 0.05) is 42.5 Å². The van der Waals surface area contributed by atoms with Crippen molar-refractivity contribution in [3.63, 3.8) is 0 Å². The van der Waals surface area contributed by atoms with Crippen molar-refractivity contribution in [2.45, 2.75) is 32.2 Å². The number of aromatic nitrogens is 2. The van der Waals surface area contributed by atoms with Crippen molar-refractivity contribution in [3.05, 3.63) is 77.6 Å². The zero-order valence-corrected chi connectivity index (χ0v) is 17.8. The first-order valence-electron chi connectivity index (χ1n) is 10.8. The number of carbonyl (C=O) groups excluding carboxylic acids is 1. The van der Waals surface area contributed by atoms with E-state index < -0.39 is 0 Å². The zero-order chi connectivity index (χ0) is 20.9. The Balaban J connectivity index is 1.29. The molecule has 0 saturated carbocycles. The number of aromatic amines is 1. The van der Waals surface area contributed by atoms with Gasteiger partial charge in [-0.2, -0.15) is 5.10 Å². The van der Waals surface area contributed by atoms with Crippen molar-refractivity contribution < 1.29 is 4.79 Å². The first kappa shape index (κ1) is 20.4. The highest BCUT2D eigenvalue weighted by Crippen LogP contribution is 2.23. The van der Waals surface area contributed by atoms with Gasteiger partial charge < -0.3 is 9.80 Å². The van der Waals surface area contributed by atoms with Gasteiger partial charge in [-0.1, -0.05) is 42.5 Å². The van der Waals surface area contributed by atoms with E-state index in [4.69, 9.17) is 0 Å². The van der Waals surface area contributed by atoms with E-state index in [2.05, 4.69) is 52.5 Å². The summed E-state index contributed by atoms with van der Waals surface area (Å²) in [6.45, 7) is 4.70. The van der Waals surface area contributed by atoms with Crippen molar-refractivity contribution in [2.24, 2.45) is 0 Å². The molecule has 0 unspecified atom stereocenters. The monoisotopic (exact) mass is 402 g/mol. The molecule has 156 valence electrons. The van der Waals surface area contributed by atoms with E-state index in [1.54, 1.807) is 0 Å². The zero-order valence-electron chi connectivity index (χ0n) is 17.8. The molecule has 1 aliphatic heterocycles. The molecule has 0 aliphatic carbocycles. The lowest BCUT2D eigenvalue weighted by Gasteiger charge is -2.37. The lowest BCUT2D eigenvalue weighted by Crippen LogP contribution is -2.46. The maximum absolute atomic E-state index is 12.9. The van der Waals surface area contributed by atoms with Gasteiger partial charge in [-0.25, -0.2) is 0 Å². The Bertz CT molecular complexity index is 956. The van der Waals surface area contributed by atoms with Crippen LogP contribution in [-0.2, 0) is 6.42 Å². The van der Waals surface area contributed by atoms with E-state index in [1.807, 2.05) is 42.3 Å². The van der Waals surface area contributed by atoms with E-state index in [1.165, 1.54) is 5.56 Å². The third-order valence-electron chi connectivity index (χ3n) is 6.24. The number of benzene rings is 2. The van der Waals surface area contributed by atoms with Gasteiger partial charge in [0.05, 0.1) is 6.20 Å². The molecule has 1 amide bonds. The van der Waals surface area contributed by atoms with E-state index in [0.29, 0.717) is 6.04 Å². The first-order chi connectivity index (χ1) is 14.6. The SMILES string of the molecule is Cc1[nH]ncc1-c1ccc(C(=O)N2CCC(N(C)CCc3ccccc3)CC2)cc1. The molecule has 1 N–H and O–H groups in total. The van der Waals surface area contributed by atoms with Crippen molar-refractivity contribution in [1.29, 1.82) is 0 Å². The van der Waals surface area contributed by atoms with E-state index in [9.17, 15) is 4.79 Å². The van der Waals surface area contributed by atoms with Crippen molar-refractivity contribution in [1.82, 2.24) is 20.0 Å². The second-order valence-electron chi connectivity index (χ2n) is 8.23. The van der Waals surface area contributed by atoms with Crippen LogP contribution in [0.1, 0.15) is 34.5 Å². The number of aryl methyl sites for hydroxylation is 1. The lowest BCUT2D eigenvalue weighted by atomic mass is 10.0. The van der Waals surface area contributed by atoms with Crippen molar-refractivity contribution in [3.8, 4) is 11.1 Å². The standard InChI is InChI=1S/C25H30N4O/c1-19-24(18-26-27-19)21-8-10-22(11-9-21)25(30)29-16-13-23(14-17-29)28(2)15-12-20-6-4-3-5-7-20/h3-11,18,23H,12-17H2,1-2H3,(H,26,27). The van der Waals surface area contributed by atoms with Crippen LogP contribution < -0.4 is 0 Å². The number of piperidine rings is 1. The number of likely N-dealkylation sites (N-methyl/N-ethyl adjacent to an activating group) is 1. The third-order valence-corrected chi connectivity index (χ3v) is 6.24. The Morgan fingerprint density at radius 1 is 1.10 bits per heavy atom. The predicted octanol–water partition coefficient (Wildman–Crippen LogP) is 4.16. The van der Waals surface area contributed by atoms with Crippen LogP contribution in [0.3, 0.4) is 0 Å². The minimum absolute atomic E-state index is 0.135. The Morgan fingerprint density at radius 2 is 1.80 bits per heavy atom. The summed E-state index contributed by atoms with van der Waals surface area (Å²) in [5.41, 5.74) is 5.33.